The van der Waals surface area contributed by atoms with Crippen molar-refractivity contribution in [2.75, 3.05) is 13.6 Å². The Morgan fingerprint density at radius 2 is 1.73 bits per heavy atom. The standard InChI is InChI=1S/C23H30N2O4S/c1-17-11-13-20(14-12-17)30(28,29)25-15-7-10-21(25)22(26)16-24(3)23(27)18(2)19-8-5-4-6-9-19/h7,10-15,18-19H,4-6,8-9,16H2,1-3H3. The molecule has 6 nitrogen and oxygen atoms in total. The van der Waals surface area contributed by atoms with Crippen LogP contribution in [0.25, 0.3) is 0 Å². The Balaban J connectivity index is 1.74. The molecule has 1 aromatic heterocycles. The molecule has 7 heteroatoms. The fourth-order valence-electron chi connectivity index (χ4n) is 4.17. The van der Waals surface area contributed by atoms with Crippen molar-refractivity contribution in [3.8, 4) is 0 Å². The number of Topliss-reactive ketones (excluding diaryl/α,β-unsaturated/α-hetero) is 1. The van der Waals surface area contributed by atoms with Gasteiger partial charge in [0.2, 0.25) is 5.91 Å². The summed E-state index contributed by atoms with van der Waals surface area (Å²) in [6.45, 7) is 3.66. The normalized spacial score (nSPS) is 16.2. The van der Waals surface area contributed by atoms with Gasteiger partial charge in [-0.25, -0.2) is 12.4 Å². The predicted molar refractivity (Wildman–Crippen MR) is 116 cm³/mol. The van der Waals surface area contributed by atoms with Gasteiger partial charge in [-0.05, 0) is 49.9 Å². The SMILES string of the molecule is Cc1ccc(S(=O)(=O)n2cccc2C(=O)CN(C)C(=O)C(C)C2CCCCC2)cc1. The van der Waals surface area contributed by atoms with Gasteiger partial charge in [-0.1, -0.05) is 43.9 Å². The van der Waals surface area contributed by atoms with E-state index >= 15 is 0 Å². The van der Waals surface area contributed by atoms with Crippen molar-refractivity contribution in [1.29, 1.82) is 0 Å². The Bertz CT molecular complexity index is 1000. The summed E-state index contributed by atoms with van der Waals surface area (Å²) >= 11 is 0. The average Bonchev–Trinajstić information content (AvgIpc) is 3.24. The molecule has 1 atom stereocenters. The monoisotopic (exact) mass is 430 g/mol. The number of likely N-dealkylation sites (N-methyl/N-ethyl adjacent to an activating group) is 1. The number of hydrogen-bond donors (Lipinski definition) is 0. The maximum absolute atomic E-state index is 13.0. The second-order valence-electron chi connectivity index (χ2n) is 8.31. The number of hydrogen-bond acceptors (Lipinski definition) is 4. The first-order chi connectivity index (χ1) is 14.2. The Hall–Kier alpha value is -2.41. The van der Waals surface area contributed by atoms with Crippen LogP contribution in [0, 0.1) is 18.8 Å². The number of carbonyl (C=O) groups is 2. The van der Waals surface area contributed by atoms with Gasteiger partial charge in [0.25, 0.3) is 10.0 Å². The lowest BCUT2D eigenvalue weighted by Gasteiger charge is -2.29. The molecule has 0 N–H and O–H groups in total. The Morgan fingerprint density at radius 3 is 2.37 bits per heavy atom. The van der Waals surface area contributed by atoms with Gasteiger partial charge in [-0.3, -0.25) is 9.59 Å². The molecule has 162 valence electrons. The molecular weight excluding hydrogens is 400 g/mol. The third kappa shape index (κ3) is 4.67. The molecule has 1 fully saturated rings. The minimum atomic E-state index is -3.89. The highest BCUT2D eigenvalue weighted by Gasteiger charge is 2.29. The van der Waals surface area contributed by atoms with Gasteiger partial charge in [-0.15, -0.1) is 0 Å². The van der Waals surface area contributed by atoms with Gasteiger partial charge in [-0.2, -0.15) is 0 Å². The van der Waals surface area contributed by atoms with Gasteiger partial charge in [0, 0.05) is 19.2 Å². The molecule has 1 saturated carbocycles. The minimum Gasteiger partial charge on any atom is -0.338 e. The van der Waals surface area contributed by atoms with Crippen molar-refractivity contribution < 1.29 is 18.0 Å². The lowest BCUT2D eigenvalue weighted by molar-refractivity contribution is -0.135. The molecule has 0 spiro atoms. The number of nitrogens with zero attached hydrogens (tertiary/aromatic N) is 2. The van der Waals surface area contributed by atoms with Crippen LogP contribution < -0.4 is 0 Å². The number of carbonyl (C=O) groups excluding carboxylic acids is 2. The van der Waals surface area contributed by atoms with E-state index in [1.165, 1.54) is 41.8 Å². The molecule has 1 aliphatic carbocycles. The highest BCUT2D eigenvalue weighted by molar-refractivity contribution is 7.90. The molecular formula is C23H30N2O4S. The maximum atomic E-state index is 13.0. The summed E-state index contributed by atoms with van der Waals surface area (Å²) in [7, 11) is -2.27. The van der Waals surface area contributed by atoms with Crippen molar-refractivity contribution in [3.63, 3.8) is 0 Å². The van der Waals surface area contributed by atoms with Crippen LogP contribution in [0.5, 0.6) is 0 Å². The van der Waals surface area contributed by atoms with E-state index < -0.39 is 15.8 Å². The largest absolute Gasteiger partial charge is 0.338 e. The van der Waals surface area contributed by atoms with Crippen LogP contribution in [0.1, 0.15) is 55.1 Å². The minimum absolute atomic E-state index is 0.0561. The van der Waals surface area contributed by atoms with E-state index in [2.05, 4.69) is 0 Å². The smallest absolute Gasteiger partial charge is 0.268 e. The average molecular weight is 431 g/mol. The van der Waals surface area contributed by atoms with Gasteiger partial charge in [0.15, 0.2) is 5.78 Å². The van der Waals surface area contributed by atoms with Crippen LogP contribution in [0.2, 0.25) is 0 Å². The first kappa shape index (κ1) is 22.3. The molecule has 0 radical (unpaired) electrons. The van der Waals surface area contributed by atoms with Crippen molar-refractivity contribution in [2.24, 2.45) is 11.8 Å². The fraction of sp³-hybridized carbons (Fsp3) is 0.478. The third-order valence-corrected chi connectivity index (χ3v) is 7.78. The predicted octanol–water partition coefficient (Wildman–Crippen LogP) is 3.89. The van der Waals surface area contributed by atoms with Crippen LogP contribution in [-0.4, -0.2) is 42.6 Å². The number of rotatable bonds is 7. The zero-order valence-electron chi connectivity index (χ0n) is 17.9. The van der Waals surface area contributed by atoms with Crippen molar-refractivity contribution in [1.82, 2.24) is 8.87 Å². The molecule has 30 heavy (non-hydrogen) atoms. The van der Waals surface area contributed by atoms with Gasteiger partial charge >= 0.3 is 0 Å². The molecule has 1 aromatic carbocycles. The summed E-state index contributed by atoms with van der Waals surface area (Å²) in [5, 5.41) is 0. The quantitative estimate of drug-likeness (QED) is 0.625. The molecule has 0 saturated heterocycles. The topological polar surface area (TPSA) is 76.5 Å². The van der Waals surface area contributed by atoms with Crippen molar-refractivity contribution >= 4 is 21.7 Å². The summed E-state index contributed by atoms with van der Waals surface area (Å²) in [5.41, 5.74) is 1.01. The first-order valence-corrected chi connectivity index (χ1v) is 11.9. The van der Waals surface area contributed by atoms with E-state index in [4.69, 9.17) is 0 Å². The molecule has 1 aliphatic rings. The number of aromatic nitrogens is 1. The van der Waals surface area contributed by atoms with Gasteiger partial charge in [0.05, 0.1) is 11.4 Å². The lowest BCUT2D eigenvalue weighted by atomic mass is 9.80. The number of amides is 1. The highest BCUT2D eigenvalue weighted by Crippen LogP contribution is 2.30. The zero-order chi connectivity index (χ0) is 21.9. The second kappa shape index (κ2) is 9.16. The zero-order valence-corrected chi connectivity index (χ0v) is 18.7. The third-order valence-electron chi connectivity index (χ3n) is 6.08. The molecule has 0 bridgehead atoms. The summed E-state index contributed by atoms with van der Waals surface area (Å²) in [5.74, 6) is -0.238. The highest BCUT2D eigenvalue weighted by atomic mass is 32.2. The maximum Gasteiger partial charge on any atom is 0.268 e. The summed E-state index contributed by atoms with van der Waals surface area (Å²) in [4.78, 5) is 27.3. The number of aryl methyl sites for hydroxylation is 1. The van der Waals surface area contributed by atoms with E-state index in [9.17, 15) is 18.0 Å². The van der Waals surface area contributed by atoms with E-state index in [-0.39, 0.29) is 29.0 Å². The lowest BCUT2D eigenvalue weighted by Crippen LogP contribution is -2.39. The molecule has 1 heterocycles. The van der Waals surface area contributed by atoms with E-state index in [0.29, 0.717) is 5.92 Å². The molecule has 0 aliphatic heterocycles. The molecule has 1 unspecified atom stereocenters. The Morgan fingerprint density at radius 1 is 1.10 bits per heavy atom. The molecule has 1 amide bonds. The first-order valence-electron chi connectivity index (χ1n) is 10.5. The van der Waals surface area contributed by atoms with Gasteiger partial charge < -0.3 is 4.90 Å². The second-order valence-corrected chi connectivity index (χ2v) is 10.1. The molecule has 3 rings (SSSR count). The number of benzene rings is 1. The van der Waals surface area contributed by atoms with Gasteiger partial charge in [0.1, 0.15) is 5.69 Å². The number of ketones is 1. The molecule has 2 aromatic rings. The van der Waals surface area contributed by atoms with Crippen molar-refractivity contribution in [2.45, 2.75) is 50.8 Å². The summed E-state index contributed by atoms with van der Waals surface area (Å²) in [6.07, 6.45) is 6.98. The Labute approximate surface area is 178 Å². The van der Waals surface area contributed by atoms with Crippen LogP contribution in [0.15, 0.2) is 47.5 Å². The van der Waals surface area contributed by atoms with Crippen LogP contribution in [0.4, 0.5) is 0 Å². The van der Waals surface area contributed by atoms with E-state index in [0.717, 1.165) is 35.2 Å². The summed E-state index contributed by atoms with van der Waals surface area (Å²) < 4.78 is 27.0. The van der Waals surface area contributed by atoms with Crippen LogP contribution in [0.3, 0.4) is 0 Å². The Kier molecular flexibility index (Phi) is 6.81. The van der Waals surface area contributed by atoms with Crippen molar-refractivity contribution in [3.05, 3.63) is 53.9 Å². The summed E-state index contributed by atoms with van der Waals surface area (Å²) in [6, 6.07) is 9.51. The van der Waals surface area contributed by atoms with E-state index in [1.54, 1.807) is 19.2 Å². The van der Waals surface area contributed by atoms with Crippen LogP contribution in [-0.2, 0) is 14.8 Å². The fourth-order valence-corrected chi connectivity index (χ4v) is 5.53. The van der Waals surface area contributed by atoms with E-state index in [1.807, 2.05) is 13.8 Å². The van der Waals surface area contributed by atoms with Crippen LogP contribution >= 0.6 is 0 Å².